The molecule has 2 fully saturated rings. The van der Waals surface area contributed by atoms with E-state index in [-0.39, 0.29) is 16.9 Å². The summed E-state index contributed by atoms with van der Waals surface area (Å²) in [5, 5.41) is 0. The van der Waals surface area contributed by atoms with E-state index >= 15 is 0 Å². The zero-order valence-electron chi connectivity index (χ0n) is 9.72. The molecule has 0 atom stereocenters. The Morgan fingerprint density at radius 1 is 1.41 bits per heavy atom. The van der Waals surface area contributed by atoms with E-state index in [1.165, 1.54) is 0 Å². The lowest BCUT2D eigenvalue weighted by atomic mass is 9.97. The van der Waals surface area contributed by atoms with Crippen molar-refractivity contribution >= 4 is 22.6 Å². The topological polar surface area (TPSA) is 21.7 Å². The predicted molar refractivity (Wildman–Crippen MR) is 68.4 cm³/mol. The zero-order chi connectivity index (χ0) is 12.7. The van der Waals surface area contributed by atoms with E-state index in [1.807, 2.05) is 0 Å². The fraction of sp³-hybridized carbons (Fsp3) is 0.818. The van der Waals surface area contributed by atoms with Gasteiger partial charge in [-0.25, -0.2) is 0 Å². The molecule has 0 unspecified atom stereocenters. The summed E-state index contributed by atoms with van der Waals surface area (Å²) in [5.41, 5.74) is 0.655. The molecule has 2 rings (SSSR count). The average Bonchev–Trinajstić information content (AvgIpc) is 2.25. The van der Waals surface area contributed by atoms with E-state index < -0.39 is 11.7 Å². The lowest BCUT2D eigenvalue weighted by Gasteiger charge is -2.49. The van der Waals surface area contributed by atoms with Crippen molar-refractivity contribution < 1.29 is 18.3 Å². The molecule has 0 aromatic rings. The highest BCUT2D eigenvalue weighted by Gasteiger charge is 2.61. The maximum absolute atomic E-state index is 14.1. The molecule has 2 aliphatic rings. The van der Waals surface area contributed by atoms with Crippen molar-refractivity contribution in [3.8, 4) is 0 Å². The third-order valence-corrected chi connectivity index (χ3v) is 3.91. The van der Waals surface area contributed by atoms with Crippen molar-refractivity contribution in [1.29, 1.82) is 0 Å². The lowest BCUT2D eigenvalue weighted by molar-refractivity contribution is -0.369. The first-order valence-electron chi connectivity index (χ1n) is 5.57. The highest BCUT2D eigenvalue weighted by molar-refractivity contribution is 14.1. The van der Waals surface area contributed by atoms with Crippen LogP contribution in [0.5, 0.6) is 0 Å². The number of rotatable bonds is 1. The smallest absolute Gasteiger partial charge is 0.317 e. The maximum Gasteiger partial charge on any atom is 0.317 e. The Labute approximate surface area is 113 Å². The molecule has 0 bridgehead atoms. The van der Waals surface area contributed by atoms with Gasteiger partial charge in [-0.2, -0.15) is 8.78 Å². The predicted octanol–water partition coefficient (Wildman–Crippen LogP) is 2.41. The van der Waals surface area contributed by atoms with Crippen molar-refractivity contribution in [3.63, 3.8) is 0 Å². The number of ether oxygens (including phenoxy) is 2. The molecule has 2 aliphatic heterocycles. The van der Waals surface area contributed by atoms with Gasteiger partial charge in [-0.05, 0) is 6.92 Å². The van der Waals surface area contributed by atoms with Gasteiger partial charge >= 0.3 is 5.92 Å². The minimum atomic E-state index is -3.00. The van der Waals surface area contributed by atoms with Crippen molar-refractivity contribution in [3.05, 3.63) is 12.3 Å². The van der Waals surface area contributed by atoms with Gasteiger partial charge in [0.15, 0.2) is 0 Å². The van der Waals surface area contributed by atoms with Crippen LogP contribution >= 0.6 is 22.6 Å². The van der Waals surface area contributed by atoms with Crippen LogP contribution in [-0.2, 0) is 9.47 Å². The molecule has 17 heavy (non-hydrogen) atoms. The summed E-state index contributed by atoms with van der Waals surface area (Å²) in [4.78, 5) is 1.58. The van der Waals surface area contributed by atoms with Gasteiger partial charge in [-0.1, -0.05) is 29.2 Å². The third kappa shape index (κ3) is 2.44. The third-order valence-electron chi connectivity index (χ3n) is 3.19. The van der Waals surface area contributed by atoms with Gasteiger partial charge in [0, 0.05) is 18.7 Å². The maximum atomic E-state index is 14.1. The summed E-state index contributed by atoms with van der Waals surface area (Å²) in [6.07, 6.45) is 0.177. The summed E-state index contributed by atoms with van der Waals surface area (Å²) in [5.74, 6) is -4.72. The Hall–Kier alpha value is 0.0500. The normalized spacial score (nSPS) is 37.2. The van der Waals surface area contributed by atoms with Crippen LogP contribution in [0.25, 0.3) is 0 Å². The molecular weight excluding hydrogens is 343 g/mol. The molecule has 0 aromatic carbocycles. The summed E-state index contributed by atoms with van der Waals surface area (Å²) >= 11 is 2.14. The standard InChI is InChI=1S/C11H16F2INO2/c1-8(2)15-4-3-11(10(12,13)7-15)16-5-9(14)6-17-11/h9H,1,3-7H2,2H3. The fourth-order valence-corrected chi connectivity index (χ4v) is 2.49. The van der Waals surface area contributed by atoms with Gasteiger partial charge in [0.05, 0.1) is 23.7 Å². The Balaban J connectivity index is 2.12. The van der Waals surface area contributed by atoms with Gasteiger partial charge in [0.2, 0.25) is 5.79 Å². The van der Waals surface area contributed by atoms with Crippen LogP contribution in [0.3, 0.4) is 0 Å². The molecule has 0 aliphatic carbocycles. The zero-order valence-corrected chi connectivity index (χ0v) is 11.9. The molecule has 0 radical (unpaired) electrons. The molecule has 0 saturated carbocycles. The van der Waals surface area contributed by atoms with E-state index in [0.29, 0.717) is 25.5 Å². The summed E-state index contributed by atoms with van der Waals surface area (Å²) in [6, 6.07) is 0. The number of hydrogen-bond donors (Lipinski definition) is 0. The van der Waals surface area contributed by atoms with Crippen LogP contribution in [0.2, 0.25) is 0 Å². The second-order valence-electron chi connectivity index (χ2n) is 4.58. The van der Waals surface area contributed by atoms with Gasteiger partial charge in [-0.15, -0.1) is 0 Å². The largest absolute Gasteiger partial charge is 0.369 e. The Bertz CT molecular complexity index is 317. The van der Waals surface area contributed by atoms with Gasteiger partial charge in [0.25, 0.3) is 0 Å². The Morgan fingerprint density at radius 2 is 2.00 bits per heavy atom. The van der Waals surface area contributed by atoms with Crippen molar-refractivity contribution in [2.75, 3.05) is 26.3 Å². The molecule has 3 nitrogen and oxygen atoms in total. The highest BCUT2D eigenvalue weighted by Crippen LogP contribution is 2.43. The number of halogens is 3. The molecule has 1 spiro atoms. The number of allylic oxidation sites excluding steroid dienone is 1. The van der Waals surface area contributed by atoms with E-state index in [9.17, 15) is 8.78 Å². The van der Waals surface area contributed by atoms with Crippen molar-refractivity contribution in [1.82, 2.24) is 4.90 Å². The van der Waals surface area contributed by atoms with Gasteiger partial charge in [0.1, 0.15) is 0 Å². The van der Waals surface area contributed by atoms with Crippen LogP contribution in [0.1, 0.15) is 13.3 Å². The highest BCUT2D eigenvalue weighted by atomic mass is 127. The first-order valence-corrected chi connectivity index (χ1v) is 6.81. The molecule has 0 amide bonds. The van der Waals surface area contributed by atoms with E-state index in [0.717, 1.165) is 0 Å². The molecule has 2 heterocycles. The minimum absolute atomic E-state index is 0.146. The first-order chi connectivity index (χ1) is 7.86. The molecule has 6 heteroatoms. The Kier molecular flexibility index (Phi) is 3.66. The second kappa shape index (κ2) is 4.62. The van der Waals surface area contributed by atoms with Crippen LogP contribution in [0.4, 0.5) is 8.78 Å². The SMILES string of the molecule is C=C(C)N1CCC2(OCC(I)CO2)C(F)(F)C1. The number of likely N-dealkylation sites (tertiary alicyclic amines) is 1. The van der Waals surface area contributed by atoms with Crippen LogP contribution < -0.4 is 0 Å². The average molecular weight is 359 g/mol. The second-order valence-corrected chi connectivity index (χ2v) is 6.35. The van der Waals surface area contributed by atoms with E-state index in [1.54, 1.807) is 11.8 Å². The monoisotopic (exact) mass is 359 g/mol. The minimum Gasteiger partial charge on any atom is -0.369 e. The van der Waals surface area contributed by atoms with Crippen molar-refractivity contribution in [2.24, 2.45) is 0 Å². The Morgan fingerprint density at radius 3 is 2.47 bits per heavy atom. The lowest BCUT2D eigenvalue weighted by Crippen LogP contribution is -2.64. The fourth-order valence-electron chi connectivity index (χ4n) is 2.13. The molecule has 98 valence electrons. The van der Waals surface area contributed by atoms with Crippen LogP contribution in [0.15, 0.2) is 12.3 Å². The summed E-state index contributed by atoms with van der Waals surface area (Å²) < 4.78 is 39.1. The molecule has 0 aromatic heterocycles. The first kappa shape index (κ1) is 13.5. The van der Waals surface area contributed by atoms with E-state index in [2.05, 4.69) is 29.2 Å². The molecule has 2 saturated heterocycles. The summed E-state index contributed by atoms with van der Waals surface area (Å²) in [6.45, 7) is 6.19. The van der Waals surface area contributed by atoms with E-state index in [4.69, 9.17) is 9.47 Å². The van der Waals surface area contributed by atoms with Crippen molar-refractivity contribution in [2.45, 2.75) is 29.0 Å². The molecular formula is C11H16F2INO2. The quantitative estimate of drug-likeness (QED) is 0.530. The number of hydrogen-bond acceptors (Lipinski definition) is 3. The number of piperidine rings is 1. The number of alkyl halides is 3. The van der Waals surface area contributed by atoms with Crippen LogP contribution in [0, 0.1) is 0 Å². The van der Waals surface area contributed by atoms with Crippen LogP contribution in [-0.4, -0.2) is 46.8 Å². The van der Waals surface area contributed by atoms with Gasteiger partial charge in [-0.3, -0.25) is 0 Å². The number of nitrogens with zero attached hydrogens (tertiary/aromatic N) is 1. The summed E-state index contributed by atoms with van der Waals surface area (Å²) in [7, 11) is 0. The van der Waals surface area contributed by atoms with Gasteiger partial charge < -0.3 is 14.4 Å². The molecule has 0 N–H and O–H groups in total.